The lowest BCUT2D eigenvalue weighted by Gasteiger charge is -2.21. The van der Waals surface area contributed by atoms with E-state index in [4.69, 9.17) is 4.74 Å². The monoisotopic (exact) mass is 344 g/mol. The number of rotatable bonds is 6. The minimum absolute atomic E-state index is 0.623. The van der Waals surface area contributed by atoms with Crippen LogP contribution in [0.3, 0.4) is 0 Å². The highest BCUT2D eigenvalue weighted by atomic mass is 16.5. The van der Waals surface area contributed by atoms with Gasteiger partial charge in [0, 0.05) is 12.3 Å². The van der Waals surface area contributed by atoms with E-state index in [1.54, 1.807) is 12.1 Å². The molecule has 0 unspecified atom stereocenters. The summed E-state index contributed by atoms with van der Waals surface area (Å²) < 4.78 is 5.24. The molecule has 0 fully saturated rings. The third-order valence-corrected chi connectivity index (χ3v) is 3.76. The number of para-hydroxylation sites is 2. The number of methoxy groups -OCH3 is 1. The van der Waals surface area contributed by atoms with Crippen molar-refractivity contribution in [2.45, 2.75) is 0 Å². The molecule has 130 valence electrons. The van der Waals surface area contributed by atoms with Crippen LogP contribution in [0.5, 0.6) is 5.75 Å². The van der Waals surface area contributed by atoms with Crippen molar-refractivity contribution in [2.24, 2.45) is 10.2 Å². The fourth-order valence-corrected chi connectivity index (χ4v) is 2.44. The van der Waals surface area contributed by atoms with Crippen LogP contribution in [0.2, 0.25) is 0 Å². The lowest BCUT2D eigenvalue weighted by Crippen LogP contribution is -2.27. The summed E-state index contributed by atoms with van der Waals surface area (Å²) >= 11 is 0. The van der Waals surface area contributed by atoms with Crippen molar-refractivity contribution >= 4 is 23.9 Å². The Labute approximate surface area is 153 Å². The quantitative estimate of drug-likeness (QED) is 0.404. The van der Waals surface area contributed by atoms with E-state index >= 15 is 0 Å². The summed E-state index contributed by atoms with van der Waals surface area (Å²) in [7, 11) is 1.64. The first kappa shape index (κ1) is 17.2. The van der Waals surface area contributed by atoms with Crippen LogP contribution in [0.1, 0.15) is 5.56 Å². The largest absolute Gasteiger partial charge is 0.497 e. The van der Waals surface area contributed by atoms with Crippen molar-refractivity contribution in [3.05, 3.63) is 90.5 Å². The maximum absolute atomic E-state index is 5.24. The van der Waals surface area contributed by atoms with Gasteiger partial charge >= 0.3 is 0 Å². The summed E-state index contributed by atoms with van der Waals surface area (Å²) in [5.74, 6) is 1.40. The molecule has 0 atom stereocenters. The molecule has 26 heavy (non-hydrogen) atoms. The van der Waals surface area contributed by atoms with Gasteiger partial charge in [-0.05, 0) is 48.5 Å². The first-order valence-electron chi connectivity index (χ1n) is 8.17. The average Bonchev–Trinajstić information content (AvgIpc) is 2.72. The number of ether oxygens (including phenoxy) is 1. The number of nitrogens with one attached hydrogen (secondary N) is 1. The fourth-order valence-electron chi connectivity index (χ4n) is 2.44. The maximum Gasteiger partial charge on any atom is 0.181 e. The summed E-state index contributed by atoms with van der Waals surface area (Å²) in [6, 6.07) is 27.2. The van der Waals surface area contributed by atoms with Crippen LogP contribution in [0, 0.1) is 0 Å². The molecule has 0 spiro atoms. The van der Waals surface area contributed by atoms with E-state index in [-0.39, 0.29) is 0 Å². The van der Waals surface area contributed by atoms with Gasteiger partial charge in [0.1, 0.15) is 5.75 Å². The Balaban J connectivity index is 2.00. The zero-order valence-corrected chi connectivity index (χ0v) is 14.5. The van der Waals surface area contributed by atoms with Gasteiger partial charge < -0.3 is 4.74 Å². The van der Waals surface area contributed by atoms with Crippen molar-refractivity contribution in [1.82, 2.24) is 0 Å². The van der Waals surface area contributed by atoms with Gasteiger partial charge in [0.05, 0.1) is 18.5 Å². The average molecular weight is 344 g/mol. The Morgan fingerprint density at radius 3 is 2.08 bits per heavy atom. The van der Waals surface area contributed by atoms with Crippen LogP contribution < -0.4 is 15.2 Å². The lowest BCUT2D eigenvalue weighted by molar-refractivity contribution is 0.415. The number of hydrogen-bond donors (Lipinski definition) is 1. The Kier molecular flexibility index (Phi) is 5.62. The number of benzene rings is 3. The third kappa shape index (κ3) is 4.08. The fraction of sp³-hybridized carbons (Fsp3) is 0.0476. The van der Waals surface area contributed by atoms with E-state index in [2.05, 4.69) is 22.3 Å². The number of anilines is 2. The highest BCUT2D eigenvalue weighted by Gasteiger charge is 2.15. The smallest absolute Gasteiger partial charge is 0.181 e. The summed E-state index contributed by atoms with van der Waals surface area (Å²) in [5.41, 5.74) is 5.72. The molecule has 1 N–H and O–H groups in total. The Hall–Kier alpha value is -3.60. The third-order valence-electron chi connectivity index (χ3n) is 3.76. The second-order valence-electron chi connectivity index (χ2n) is 5.43. The standard InChI is InChI=1S/C21H20N4O/c1-22-25(19-11-7-4-8-12-19)21(17-13-15-20(26-2)16-14-17)24-23-18-9-5-3-6-10-18/h3-16,23H,1H2,2H3/b24-21+. The maximum atomic E-state index is 5.24. The van der Waals surface area contributed by atoms with Gasteiger partial charge in [0.2, 0.25) is 0 Å². The molecule has 0 heterocycles. The Bertz CT molecular complexity index is 862. The molecule has 5 nitrogen and oxygen atoms in total. The van der Waals surface area contributed by atoms with Crippen molar-refractivity contribution < 1.29 is 4.74 Å². The predicted molar refractivity (Wildman–Crippen MR) is 108 cm³/mol. The molecule has 0 saturated carbocycles. The Morgan fingerprint density at radius 1 is 0.885 bits per heavy atom. The normalized spacial score (nSPS) is 10.9. The van der Waals surface area contributed by atoms with Crippen molar-refractivity contribution in [1.29, 1.82) is 0 Å². The molecule has 0 aliphatic rings. The van der Waals surface area contributed by atoms with Gasteiger partial charge in [-0.1, -0.05) is 36.4 Å². The highest BCUT2D eigenvalue weighted by Crippen LogP contribution is 2.20. The number of hydrazone groups is 2. The molecule has 0 aromatic heterocycles. The molecule has 0 bridgehead atoms. The molecule has 0 saturated heterocycles. The Morgan fingerprint density at radius 2 is 1.50 bits per heavy atom. The molecule has 0 radical (unpaired) electrons. The second-order valence-corrected chi connectivity index (χ2v) is 5.43. The zero-order chi connectivity index (χ0) is 18.2. The zero-order valence-electron chi connectivity index (χ0n) is 14.5. The second kappa shape index (κ2) is 8.48. The van der Waals surface area contributed by atoms with Gasteiger partial charge in [0.15, 0.2) is 5.84 Å². The topological polar surface area (TPSA) is 49.2 Å². The summed E-state index contributed by atoms with van der Waals surface area (Å²) in [4.78, 5) is 0. The molecule has 0 aliphatic carbocycles. The molecular weight excluding hydrogens is 324 g/mol. The first-order chi connectivity index (χ1) is 12.8. The van der Waals surface area contributed by atoms with E-state index in [1.807, 2.05) is 84.9 Å². The SMILES string of the molecule is C=NN(/C(=N/Nc1ccccc1)c1ccc(OC)cc1)c1ccccc1. The summed E-state index contributed by atoms with van der Waals surface area (Å²) in [5, 5.41) is 10.4. The summed E-state index contributed by atoms with van der Waals surface area (Å²) in [6.45, 7) is 3.72. The summed E-state index contributed by atoms with van der Waals surface area (Å²) in [6.07, 6.45) is 0. The van der Waals surface area contributed by atoms with Crippen LogP contribution in [-0.2, 0) is 0 Å². The van der Waals surface area contributed by atoms with E-state index in [0.717, 1.165) is 22.7 Å². The van der Waals surface area contributed by atoms with Crippen molar-refractivity contribution in [2.75, 3.05) is 17.5 Å². The van der Waals surface area contributed by atoms with Crippen LogP contribution in [0.25, 0.3) is 0 Å². The minimum Gasteiger partial charge on any atom is -0.497 e. The van der Waals surface area contributed by atoms with Crippen molar-refractivity contribution in [3.8, 4) is 5.75 Å². The molecule has 3 aromatic rings. The highest BCUT2D eigenvalue weighted by molar-refractivity contribution is 6.10. The van der Waals surface area contributed by atoms with Crippen molar-refractivity contribution in [3.63, 3.8) is 0 Å². The number of amidine groups is 1. The van der Waals surface area contributed by atoms with Crippen LogP contribution in [-0.4, -0.2) is 19.7 Å². The van der Waals surface area contributed by atoms with Crippen LogP contribution in [0.4, 0.5) is 11.4 Å². The van der Waals surface area contributed by atoms with Gasteiger partial charge in [-0.3, -0.25) is 5.43 Å². The number of nitrogens with zero attached hydrogens (tertiary/aromatic N) is 3. The van der Waals surface area contributed by atoms with Crippen LogP contribution >= 0.6 is 0 Å². The lowest BCUT2D eigenvalue weighted by atomic mass is 10.2. The first-order valence-corrected chi connectivity index (χ1v) is 8.17. The molecule has 5 heteroatoms. The van der Waals surface area contributed by atoms with Gasteiger partial charge in [-0.15, -0.1) is 0 Å². The van der Waals surface area contributed by atoms with Gasteiger partial charge in [0.25, 0.3) is 0 Å². The number of hydrogen-bond acceptors (Lipinski definition) is 4. The van der Waals surface area contributed by atoms with Gasteiger partial charge in [-0.25, -0.2) is 5.01 Å². The van der Waals surface area contributed by atoms with E-state index in [9.17, 15) is 0 Å². The van der Waals surface area contributed by atoms with Gasteiger partial charge in [-0.2, -0.15) is 10.2 Å². The van der Waals surface area contributed by atoms with Crippen LogP contribution in [0.15, 0.2) is 95.1 Å². The predicted octanol–water partition coefficient (Wildman–Crippen LogP) is 4.59. The molecular formula is C21H20N4O. The molecule has 0 amide bonds. The van der Waals surface area contributed by atoms with E-state index < -0.39 is 0 Å². The van der Waals surface area contributed by atoms with E-state index in [1.165, 1.54) is 0 Å². The molecule has 0 aliphatic heterocycles. The molecule has 3 aromatic carbocycles. The van der Waals surface area contributed by atoms with E-state index in [0.29, 0.717) is 5.84 Å². The minimum atomic E-state index is 0.623. The molecule has 3 rings (SSSR count).